The van der Waals surface area contributed by atoms with Crippen molar-refractivity contribution >= 4 is 59.1 Å². The first-order valence-corrected chi connectivity index (χ1v) is 13.0. The van der Waals surface area contributed by atoms with Crippen LogP contribution in [0, 0.1) is 0 Å². The largest absolute Gasteiger partial charge is 0.383 e. The van der Waals surface area contributed by atoms with Crippen LogP contribution in [-0.4, -0.2) is 32.6 Å². The van der Waals surface area contributed by atoms with Gasteiger partial charge in [-0.3, -0.25) is 9.52 Å². The van der Waals surface area contributed by atoms with E-state index in [-0.39, 0.29) is 16.1 Å². The fraction of sp³-hybridized carbons (Fsp3) is 0.130. The van der Waals surface area contributed by atoms with E-state index >= 15 is 0 Å². The molecule has 0 aliphatic carbocycles. The lowest BCUT2D eigenvalue weighted by Gasteiger charge is -2.08. The Kier molecular flexibility index (Phi) is 7.08. The normalized spacial score (nSPS) is 12.2. The fourth-order valence-corrected chi connectivity index (χ4v) is 5.89. The molecule has 0 spiro atoms. The number of hydrogen-bond acceptors (Lipinski definition) is 5. The number of sulfonamides is 1. The smallest absolute Gasteiger partial charge is 0.279 e. The Morgan fingerprint density at radius 3 is 2.64 bits per heavy atom. The molecule has 0 aliphatic heterocycles. The van der Waals surface area contributed by atoms with Crippen LogP contribution in [0.3, 0.4) is 0 Å². The van der Waals surface area contributed by atoms with Crippen molar-refractivity contribution in [1.82, 2.24) is 4.57 Å². The molecule has 0 aliphatic rings. The lowest BCUT2D eigenvalue weighted by atomic mass is 10.2. The number of carbonyl (C=O) groups is 1. The maximum atomic E-state index is 13.0. The maximum Gasteiger partial charge on any atom is 0.279 e. The molecule has 170 valence electrons. The van der Waals surface area contributed by atoms with Crippen molar-refractivity contribution in [2.75, 3.05) is 18.4 Å². The zero-order valence-electron chi connectivity index (χ0n) is 17.6. The Bertz CT molecular complexity index is 1480. The molecule has 1 amide bonds. The number of ether oxygens (including phenoxy) is 1. The van der Waals surface area contributed by atoms with Crippen molar-refractivity contribution < 1.29 is 17.9 Å². The lowest BCUT2D eigenvalue weighted by Crippen LogP contribution is -2.19. The summed E-state index contributed by atoms with van der Waals surface area (Å²) in [4.78, 5) is 18.0. The van der Waals surface area contributed by atoms with E-state index in [9.17, 15) is 13.2 Å². The van der Waals surface area contributed by atoms with E-state index in [4.69, 9.17) is 4.74 Å². The molecular formula is C23H20BrN3O4S2. The number of fused-ring (bicyclic) bond motifs is 1. The molecule has 0 radical (unpaired) electrons. The second-order valence-electron chi connectivity index (χ2n) is 7.06. The molecule has 0 unspecified atom stereocenters. The zero-order valence-corrected chi connectivity index (χ0v) is 20.8. The first kappa shape index (κ1) is 23.4. The monoisotopic (exact) mass is 545 g/mol. The Balaban J connectivity index is 1.67. The molecule has 7 nitrogen and oxygen atoms in total. The fourth-order valence-electron chi connectivity index (χ4n) is 3.21. The number of thiazole rings is 1. The highest BCUT2D eigenvalue weighted by Gasteiger charge is 2.15. The van der Waals surface area contributed by atoms with E-state index in [0.29, 0.717) is 18.0 Å². The Hall–Kier alpha value is -2.79. The van der Waals surface area contributed by atoms with Crippen molar-refractivity contribution in [3.05, 3.63) is 87.6 Å². The molecular weight excluding hydrogens is 526 g/mol. The molecule has 4 rings (SSSR count). The average Bonchev–Trinajstić information content (AvgIpc) is 3.13. The number of benzene rings is 3. The number of nitrogens with one attached hydrogen (secondary N) is 1. The van der Waals surface area contributed by atoms with Gasteiger partial charge >= 0.3 is 0 Å². The van der Waals surface area contributed by atoms with Gasteiger partial charge in [-0.15, -0.1) is 0 Å². The average molecular weight is 546 g/mol. The molecule has 33 heavy (non-hydrogen) atoms. The second kappa shape index (κ2) is 10.0. The molecule has 0 atom stereocenters. The van der Waals surface area contributed by atoms with Gasteiger partial charge in [-0.1, -0.05) is 51.5 Å². The van der Waals surface area contributed by atoms with Crippen LogP contribution in [0.1, 0.15) is 10.4 Å². The topological polar surface area (TPSA) is 89.8 Å². The Morgan fingerprint density at radius 2 is 1.88 bits per heavy atom. The van der Waals surface area contributed by atoms with E-state index in [1.807, 2.05) is 22.8 Å². The summed E-state index contributed by atoms with van der Waals surface area (Å²) in [6.45, 7) is 1.02. The van der Waals surface area contributed by atoms with Crippen LogP contribution < -0.4 is 9.52 Å². The van der Waals surface area contributed by atoms with Crippen molar-refractivity contribution in [3.63, 3.8) is 0 Å². The van der Waals surface area contributed by atoms with Crippen LogP contribution in [-0.2, 0) is 21.3 Å². The zero-order chi connectivity index (χ0) is 23.4. The molecule has 1 aromatic heterocycles. The third kappa shape index (κ3) is 5.41. The van der Waals surface area contributed by atoms with Gasteiger partial charge in [0.1, 0.15) is 0 Å². The molecule has 0 saturated heterocycles. The quantitative estimate of drug-likeness (QED) is 0.366. The van der Waals surface area contributed by atoms with Crippen molar-refractivity contribution in [2.24, 2.45) is 4.99 Å². The lowest BCUT2D eigenvalue weighted by molar-refractivity contribution is 0.0997. The summed E-state index contributed by atoms with van der Waals surface area (Å²) in [6, 6.07) is 20.2. The van der Waals surface area contributed by atoms with Gasteiger partial charge in [-0.2, -0.15) is 4.99 Å². The molecule has 0 bridgehead atoms. The highest BCUT2D eigenvalue weighted by molar-refractivity contribution is 9.10. The molecule has 0 fully saturated rings. The molecule has 10 heteroatoms. The predicted molar refractivity (Wildman–Crippen MR) is 133 cm³/mol. The van der Waals surface area contributed by atoms with E-state index in [0.717, 1.165) is 14.7 Å². The van der Waals surface area contributed by atoms with E-state index < -0.39 is 15.9 Å². The van der Waals surface area contributed by atoms with Gasteiger partial charge in [0.2, 0.25) is 0 Å². The molecule has 0 saturated carbocycles. The Morgan fingerprint density at radius 1 is 1.09 bits per heavy atom. The number of anilines is 1. The minimum atomic E-state index is -3.77. The maximum absolute atomic E-state index is 13.0. The van der Waals surface area contributed by atoms with E-state index in [1.54, 1.807) is 43.5 Å². The number of methoxy groups -OCH3 is 1. The first-order valence-electron chi connectivity index (χ1n) is 9.92. The molecule has 1 N–H and O–H groups in total. The number of nitrogens with zero attached hydrogens (tertiary/aromatic N) is 2. The molecule has 4 aromatic rings. The van der Waals surface area contributed by atoms with Crippen LogP contribution in [0.15, 0.2) is 87.2 Å². The SMILES string of the molecule is COCCn1c(=NC(=O)c2cccc(NS(=O)(=O)c3ccccc3)c2)sc2cc(Br)ccc21. The Labute approximate surface area is 203 Å². The molecule has 1 heterocycles. The predicted octanol–water partition coefficient (Wildman–Crippen LogP) is 4.65. The van der Waals surface area contributed by atoms with Gasteiger partial charge in [0, 0.05) is 29.4 Å². The van der Waals surface area contributed by atoms with Crippen molar-refractivity contribution in [2.45, 2.75) is 11.4 Å². The third-order valence-electron chi connectivity index (χ3n) is 4.78. The van der Waals surface area contributed by atoms with Gasteiger partial charge in [-0.05, 0) is 48.5 Å². The summed E-state index contributed by atoms with van der Waals surface area (Å²) in [7, 11) is -2.14. The van der Waals surface area contributed by atoms with Crippen molar-refractivity contribution in [3.8, 4) is 0 Å². The minimum absolute atomic E-state index is 0.141. The summed E-state index contributed by atoms with van der Waals surface area (Å²) in [5, 5.41) is 0. The summed E-state index contributed by atoms with van der Waals surface area (Å²) in [6.07, 6.45) is 0. The minimum Gasteiger partial charge on any atom is -0.383 e. The van der Waals surface area contributed by atoms with Crippen molar-refractivity contribution in [1.29, 1.82) is 0 Å². The summed E-state index contributed by atoms with van der Waals surface area (Å²) in [5.74, 6) is -0.465. The van der Waals surface area contributed by atoms with Crippen LogP contribution in [0.2, 0.25) is 0 Å². The first-order chi connectivity index (χ1) is 15.9. The van der Waals surface area contributed by atoms with Crippen LogP contribution in [0.25, 0.3) is 10.2 Å². The summed E-state index contributed by atoms with van der Waals surface area (Å²) >= 11 is 4.88. The number of carbonyl (C=O) groups excluding carboxylic acids is 1. The third-order valence-corrected chi connectivity index (χ3v) is 7.71. The standard InChI is InChI=1S/C23H20BrN3O4S2/c1-31-13-12-27-20-11-10-17(24)15-21(20)32-23(27)25-22(28)16-6-5-7-18(14-16)26-33(29,30)19-8-3-2-4-9-19/h2-11,14-15,26H,12-13H2,1H3. The van der Waals surface area contributed by atoms with Gasteiger partial charge < -0.3 is 9.30 Å². The van der Waals surface area contributed by atoms with Crippen LogP contribution >= 0.6 is 27.3 Å². The van der Waals surface area contributed by atoms with E-state index in [1.165, 1.54) is 29.5 Å². The summed E-state index contributed by atoms with van der Waals surface area (Å²) < 4.78 is 36.8. The number of halogens is 1. The number of aromatic nitrogens is 1. The van der Waals surface area contributed by atoms with Crippen LogP contribution in [0.5, 0.6) is 0 Å². The summed E-state index contributed by atoms with van der Waals surface area (Å²) in [5.41, 5.74) is 1.52. The highest BCUT2D eigenvalue weighted by Crippen LogP contribution is 2.23. The van der Waals surface area contributed by atoms with Gasteiger partial charge in [0.05, 0.1) is 21.7 Å². The highest BCUT2D eigenvalue weighted by atomic mass is 79.9. The number of amides is 1. The van der Waals surface area contributed by atoms with E-state index in [2.05, 4.69) is 25.6 Å². The number of hydrogen-bond donors (Lipinski definition) is 1. The van der Waals surface area contributed by atoms with Gasteiger partial charge in [0.25, 0.3) is 15.9 Å². The van der Waals surface area contributed by atoms with Gasteiger partial charge in [-0.25, -0.2) is 8.42 Å². The number of rotatable bonds is 7. The second-order valence-corrected chi connectivity index (χ2v) is 10.7. The van der Waals surface area contributed by atoms with Crippen LogP contribution in [0.4, 0.5) is 5.69 Å². The molecule has 3 aromatic carbocycles. The van der Waals surface area contributed by atoms with Gasteiger partial charge in [0.15, 0.2) is 4.80 Å².